The maximum atomic E-state index is 3.74. The number of hydrogen-bond acceptors (Lipinski definition) is 0. The van der Waals surface area contributed by atoms with Crippen LogP contribution in [-0.4, -0.2) is 0 Å². The summed E-state index contributed by atoms with van der Waals surface area (Å²) >= 11 is 0. The van der Waals surface area contributed by atoms with Crippen LogP contribution < -0.4 is 0 Å². The van der Waals surface area contributed by atoms with E-state index in [0.717, 1.165) is 5.92 Å². The van der Waals surface area contributed by atoms with Gasteiger partial charge in [-0.3, -0.25) is 0 Å². The zero-order valence-corrected chi connectivity index (χ0v) is 7.24. The van der Waals surface area contributed by atoms with Crippen molar-refractivity contribution >= 4 is 0 Å². The largest absolute Gasteiger partial charge is 0.0991 e. The number of hydrogen-bond donors (Lipinski definition) is 0. The molecular weight excluding hydrogens is 144 g/mol. The number of fused-ring (bicyclic) bond motifs is 1. The molecule has 2 aliphatic carbocycles. The molecule has 0 saturated heterocycles. The lowest BCUT2D eigenvalue weighted by Crippen LogP contribution is -2.05. The van der Waals surface area contributed by atoms with Crippen molar-refractivity contribution in [2.45, 2.75) is 12.8 Å². The first-order chi connectivity index (χ1) is 5.92. The lowest BCUT2D eigenvalue weighted by molar-refractivity contribution is 0.590. The Labute approximate surface area is 74.0 Å². The van der Waals surface area contributed by atoms with Gasteiger partial charge in [-0.15, -0.1) is 0 Å². The Balaban J connectivity index is 2.23. The van der Waals surface area contributed by atoms with Gasteiger partial charge >= 0.3 is 0 Å². The van der Waals surface area contributed by atoms with Crippen LogP contribution in [0.4, 0.5) is 0 Å². The third-order valence-corrected chi connectivity index (χ3v) is 2.78. The molecule has 0 aromatic carbocycles. The van der Waals surface area contributed by atoms with Crippen LogP contribution in [0.1, 0.15) is 12.8 Å². The van der Waals surface area contributed by atoms with Crippen molar-refractivity contribution in [2.75, 3.05) is 0 Å². The Kier molecular flexibility index (Phi) is 1.99. The Morgan fingerprint density at radius 1 is 1.33 bits per heavy atom. The Morgan fingerprint density at radius 2 is 2.17 bits per heavy atom. The average molecular weight is 158 g/mol. The lowest BCUT2D eigenvalue weighted by Gasteiger charge is -2.15. The van der Waals surface area contributed by atoms with E-state index in [1.807, 2.05) is 6.08 Å². The zero-order chi connectivity index (χ0) is 8.39. The first-order valence-corrected chi connectivity index (χ1v) is 4.58. The molecule has 1 fully saturated rings. The van der Waals surface area contributed by atoms with Crippen molar-refractivity contribution in [1.82, 2.24) is 0 Å². The normalized spacial score (nSPS) is 35.5. The summed E-state index contributed by atoms with van der Waals surface area (Å²) in [7, 11) is 0. The monoisotopic (exact) mass is 158 g/mol. The summed E-state index contributed by atoms with van der Waals surface area (Å²) in [6.07, 6.45) is 15.6. The fourth-order valence-electron chi connectivity index (χ4n) is 2.17. The van der Waals surface area contributed by atoms with Gasteiger partial charge in [-0.05, 0) is 18.8 Å². The van der Waals surface area contributed by atoms with Gasteiger partial charge < -0.3 is 0 Å². The lowest BCUT2D eigenvalue weighted by atomic mass is 9.89. The molecule has 0 radical (unpaired) electrons. The second-order valence-electron chi connectivity index (χ2n) is 3.48. The molecular formula is C12H14. The molecule has 0 N–H and O–H groups in total. The van der Waals surface area contributed by atoms with E-state index in [4.69, 9.17) is 0 Å². The predicted molar refractivity (Wildman–Crippen MR) is 52.8 cm³/mol. The molecule has 0 aromatic heterocycles. The van der Waals surface area contributed by atoms with Crippen LogP contribution in [-0.2, 0) is 0 Å². The quantitative estimate of drug-likeness (QED) is 0.549. The fraction of sp³-hybridized carbons (Fsp3) is 0.333. The minimum Gasteiger partial charge on any atom is -0.0991 e. The van der Waals surface area contributed by atoms with Gasteiger partial charge in [0.2, 0.25) is 0 Å². The van der Waals surface area contributed by atoms with Crippen LogP contribution in [0, 0.1) is 11.8 Å². The Morgan fingerprint density at radius 3 is 3.00 bits per heavy atom. The van der Waals surface area contributed by atoms with Crippen LogP contribution in [0.3, 0.4) is 0 Å². The van der Waals surface area contributed by atoms with E-state index in [9.17, 15) is 0 Å². The topological polar surface area (TPSA) is 0 Å². The molecule has 2 unspecified atom stereocenters. The SMILES string of the molecule is C=CC=C1CCC2C=CC=CC12. The molecule has 0 aromatic rings. The highest BCUT2D eigenvalue weighted by Gasteiger charge is 2.27. The van der Waals surface area contributed by atoms with Gasteiger partial charge in [0, 0.05) is 5.92 Å². The number of rotatable bonds is 1. The Bertz CT molecular complexity index is 266. The first-order valence-electron chi connectivity index (χ1n) is 4.58. The molecule has 2 atom stereocenters. The van der Waals surface area contributed by atoms with E-state index in [0.29, 0.717) is 5.92 Å². The maximum Gasteiger partial charge on any atom is 0.00460 e. The summed E-state index contributed by atoms with van der Waals surface area (Å²) in [6.45, 7) is 3.74. The molecule has 0 aliphatic heterocycles. The van der Waals surface area contributed by atoms with Gasteiger partial charge in [-0.1, -0.05) is 48.6 Å². The van der Waals surface area contributed by atoms with Gasteiger partial charge in [0.25, 0.3) is 0 Å². The minimum absolute atomic E-state index is 0.674. The summed E-state index contributed by atoms with van der Waals surface area (Å²) in [5.41, 5.74) is 1.55. The van der Waals surface area contributed by atoms with Crippen molar-refractivity contribution in [2.24, 2.45) is 11.8 Å². The average Bonchev–Trinajstić information content (AvgIpc) is 2.50. The van der Waals surface area contributed by atoms with Crippen LogP contribution in [0.5, 0.6) is 0 Å². The molecule has 12 heavy (non-hydrogen) atoms. The van der Waals surface area contributed by atoms with Crippen LogP contribution in [0.25, 0.3) is 0 Å². The van der Waals surface area contributed by atoms with Crippen molar-refractivity contribution in [3.05, 3.63) is 48.6 Å². The van der Waals surface area contributed by atoms with Crippen molar-refractivity contribution in [1.29, 1.82) is 0 Å². The highest BCUT2D eigenvalue weighted by Crippen LogP contribution is 2.39. The van der Waals surface area contributed by atoms with E-state index in [2.05, 4.69) is 37.0 Å². The van der Waals surface area contributed by atoms with Crippen LogP contribution in [0.2, 0.25) is 0 Å². The molecule has 1 saturated carbocycles. The summed E-state index contributed by atoms with van der Waals surface area (Å²) in [5.74, 6) is 1.44. The second kappa shape index (κ2) is 3.14. The summed E-state index contributed by atoms with van der Waals surface area (Å²) in [4.78, 5) is 0. The smallest absolute Gasteiger partial charge is 0.00460 e. The molecule has 0 heterocycles. The number of allylic oxidation sites excluding steroid dienone is 7. The summed E-state index contributed by atoms with van der Waals surface area (Å²) in [5, 5.41) is 0. The Hall–Kier alpha value is -1.04. The van der Waals surface area contributed by atoms with Crippen molar-refractivity contribution < 1.29 is 0 Å². The molecule has 2 rings (SSSR count). The van der Waals surface area contributed by atoms with Crippen molar-refractivity contribution in [3.63, 3.8) is 0 Å². The van der Waals surface area contributed by atoms with Gasteiger partial charge in [-0.25, -0.2) is 0 Å². The van der Waals surface area contributed by atoms with Gasteiger partial charge in [0.15, 0.2) is 0 Å². The van der Waals surface area contributed by atoms with Crippen LogP contribution in [0.15, 0.2) is 48.6 Å². The van der Waals surface area contributed by atoms with E-state index < -0.39 is 0 Å². The van der Waals surface area contributed by atoms with E-state index >= 15 is 0 Å². The fourth-order valence-corrected chi connectivity index (χ4v) is 2.17. The highest BCUT2D eigenvalue weighted by molar-refractivity contribution is 5.30. The minimum atomic E-state index is 0.674. The van der Waals surface area contributed by atoms with E-state index in [-0.39, 0.29) is 0 Å². The molecule has 0 nitrogen and oxygen atoms in total. The molecule has 0 amide bonds. The molecule has 0 spiro atoms. The highest BCUT2D eigenvalue weighted by atomic mass is 14.3. The summed E-state index contributed by atoms with van der Waals surface area (Å²) in [6, 6.07) is 0. The maximum absolute atomic E-state index is 3.74. The molecule has 62 valence electrons. The zero-order valence-electron chi connectivity index (χ0n) is 7.24. The van der Waals surface area contributed by atoms with Gasteiger partial charge in [-0.2, -0.15) is 0 Å². The second-order valence-corrected chi connectivity index (χ2v) is 3.48. The van der Waals surface area contributed by atoms with Gasteiger partial charge in [0.05, 0.1) is 0 Å². The molecule has 0 bridgehead atoms. The summed E-state index contributed by atoms with van der Waals surface area (Å²) < 4.78 is 0. The van der Waals surface area contributed by atoms with Gasteiger partial charge in [0.1, 0.15) is 0 Å². The molecule has 0 heteroatoms. The van der Waals surface area contributed by atoms with E-state index in [1.54, 1.807) is 5.57 Å². The predicted octanol–water partition coefficient (Wildman–Crippen LogP) is 3.25. The standard InChI is InChI=1S/C12H14/c1-2-5-10-8-9-11-6-3-4-7-12(10)11/h2-7,11-12H,1,8-9H2. The molecule has 2 aliphatic rings. The third-order valence-electron chi connectivity index (χ3n) is 2.78. The van der Waals surface area contributed by atoms with Crippen LogP contribution >= 0.6 is 0 Å². The van der Waals surface area contributed by atoms with Crippen molar-refractivity contribution in [3.8, 4) is 0 Å². The first kappa shape index (κ1) is 7.60. The third kappa shape index (κ3) is 1.18. The van der Waals surface area contributed by atoms with E-state index in [1.165, 1.54) is 12.8 Å².